The molecule has 5 nitrogen and oxygen atoms in total. The van der Waals surface area contributed by atoms with Crippen molar-refractivity contribution in [2.75, 3.05) is 11.6 Å². The molecule has 6 heteroatoms. The van der Waals surface area contributed by atoms with Gasteiger partial charge >= 0.3 is 6.03 Å². The fourth-order valence-corrected chi connectivity index (χ4v) is 3.10. The second-order valence-corrected chi connectivity index (χ2v) is 8.14. The number of urea groups is 1. The van der Waals surface area contributed by atoms with Crippen LogP contribution in [0.25, 0.3) is 0 Å². The van der Waals surface area contributed by atoms with Crippen molar-refractivity contribution in [3.8, 4) is 0 Å². The van der Waals surface area contributed by atoms with Gasteiger partial charge in [0.15, 0.2) is 9.84 Å². The van der Waals surface area contributed by atoms with Crippen LogP contribution >= 0.6 is 0 Å². The molecular weight excluding hydrogens is 324 g/mol. The molecule has 2 aromatic rings. The minimum absolute atomic E-state index is 0.226. The highest BCUT2D eigenvalue weighted by atomic mass is 32.2. The molecule has 2 aromatic carbocycles. The predicted molar refractivity (Wildman–Crippen MR) is 93.8 cm³/mol. The summed E-state index contributed by atoms with van der Waals surface area (Å²) < 4.78 is 22.8. The summed E-state index contributed by atoms with van der Waals surface area (Å²) in [4.78, 5) is 12.1. The van der Waals surface area contributed by atoms with Crippen LogP contribution in [0.5, 0.6) is 0 Å². The van der Waals surface area contributed by atoms with Crippen LogP contribution in [-0.4, -0.2) is 20.7 Å². The molecule has 1 saturated carbocycles. The number of carbonyl (C=O) groups is 1. The zero-order chi connectivity index (χ0) is 17.2. The number of amides is 2. The summed E-state index contributed by atoms with van der Waals surface area (Å²) in [7, 11) is -3.23. The Morgan fingerprint density at radius 2 is 1.67 bits per heavy atom. The van der Waals surface area contributed by atoms with Gasteiger partial charge in [-0.2, -0.15) is 0 Å². The molecule has 3 rings (SSSR count). The summed E-state index contributed by atoms with van der Waals surface area (Å²) in [6, 6.07) is 14.1. The van der Waals surface area contributed by atoms with Crippen molar-refractivity contribution in [2.45, 2.75) is 30.2 Å². The summed E-state index contributed by atoms with van der Waals surface area (Å²) in [5.74, 6) is 0.727. The van der Waals surface area contributed by atoms with E-state index < -0.39 is 9.84 Å². The number of anilines is 1. The largest absolute Gasteiger partial charge is 0.334 e. The molecule has 1 aliphatic rings. The van der Waals surface area contributed by atoms with Crippen LogP contribution in [0, 0.1) is 0 Å². The number of hydrogen-bond donors (Lipinski definition) is 2. The Bertz CT molecular complexity index is 824. The average Bonchev–Trinajstić information content (AvgIpc) is 3.38. The van der Waals surface area contributed by atoms with E-state index >= 15 is 0 Å². The Morgan fingerprint density at radius 1 is 1.04 bits per heavy atom. The fraction of sp³-hybridized carbons (Fsp3) is 0.278. The molecular formula is C18H20N2O3S. The lowest BCUT2D eigenvalue weighted by atomic mass is 10.1. The van der Waals surface area contributed by atoms with Crippen molar-refractivity contribution in [3.05, 3.63) is 59.7 Å². The molecule has 1 aliphatic carbocycles. The lowest BCUT2D eigenvalue weighted by Gasteiger charge is -2.09. The monoisotopic (exact) mass is 344 g/mol. The molecule has 0 aliphatic heterocycles. The Morgan fingerprint density at radius 3 is 2.21 bits per heavy atom. The van der Waals surface area contributed by atoms with E-state index in [-0.39, 0.29) is 10.9 Å². The van der Waals surface area contributed by atoms with Gasteiger partial charge in [-0.15, -0.1) is 0 Å². The van der Waals surface area contributed by atoms with Gasteiger partial charge in [-0.25, -0.2) is 13.2 Å². The van der Waals surface area contributed by atoms with Crippen LogP contribution < -0.4 is 10.6 Å². The molecule has 0 heterocycles. The Hall–Kier alpha value is -2.34. The van der Waals surface area contributed by atoms with Crippen molar-refractivity contribution in [3.63, 3.8) is 0 Å². The molecule has 0 unspecified atom stereocenters. The zero-order valence-electron chi connectivity index (χ0n) is 13.5. The maximum atomic E-state index is 11.9. The zero-order valence-corrected chi connectivity index (χ0v) is 14.3. The summed E-state index contributed by atoms with van der Waals surface area (Å²) in [5.41, 5.74) is 2.96. The number of benzene rings is 2. The first-order valence-corrected chi connectivity index (χ1v) is 9.75. The third-order valence-electron chi connectivity index (χ3n) is 4.02. The van der Waals surface area contributed by atoms with Crippen LogP contribution in [0.1, 0.15) is 29.9 Å². The molecule has 2 amide bonds. The van der Waals surface area contributed by atoms with E-state index in [1.165, 1.54) is 30.5 Å². The fourth-order valence-electron chi connectivity index (χ4n) is 2.47. The first-order valence-electron chi connectivity index (χ1n) is 7.85. The summed E-state index contributed by atoms with van der Waals surface area (Å²) in [6.07, 6.45) is 3.70. The first kappa shape index (κ1) is 16.5. The molecule has 0 radical (unpaired) electrons. The van der Waals surface area contributed by atoms with Crippen LogP contribution in [-0.2, 0) is 16.4 Å². The molecule has 24 heavy (non-hydrogen) atoms. The van der Waals surface area contributed by atoms with Crippen LogP contribution in [0.4, 0.5) is 10.5 Å². The van der Waals surface area contributed by atoms with Gasteiger partial charge in [0.2, 0.25) is 0 Å². The first-order chi connectivity index (χ1) is 11.4. The van der Waals surface area contributed by atoms with E-state index in [1.54, 1.807) is 12.1 Å². The second kappa shape index (κ2) is 6.65. The molecule has 0 spiro atoms. The Kier molecular flexibility index (Phi) is 4.57. The highest BCUT2D eigenvalue weighted by molar-refractivity contribution is 7.90. The molecule has 0 aromatic heterocycles. The number of hydrogen-bond acceptors (Lipinski definition) is 3. The molecule has 0 saturated heterocycles. The Labute approximate surface area is 142 Å². The highest BCUT2D eigenvalue weighted by Crippen LogP contribution is 2.39. The van der Waals surface area contributed by atoms with Crippen molar-refractivity contribution >= 4 is 21.6 Å². The van der Waals surface area contributed by atoms with Crippen LogP contribution in [0.2, 0.25) is 0 Å². The number of carbonyl (C=O) groups excluding carboxylic acids is 1. The normalized spacial score (nSPS) is 14.2. The van der Waals surface area contributed by atoms with Crippen molar-refractivity contribution in [1.82, 2.24) is 5.32 Å². The van der Waals surface area contributed by atoms with Gasteiger partial charge in [0.05, 0.1) is 4.90 Å². The van der Waals surface area contributed by atoms with Gasteiger partial charge in [0.1, 0.15) is 0 Å². The van der Waals surface area contributed by atoms with Crippen molar-refractivity contribution in [2.24, 2.45) is 0 Å². The van der Waals surface area contributed by atoms with Crippen LogP contribution in [0.3, 0.4) is 0 Å². The van der Waals surface area contributed by atoms with Gasteiger partial charge in [-0.1, -0.05) is 24.3 Å². The molecule has 126 valence electrons. The smallest absolute Gasteiger partial charge is 0.319 e. The van der Waals surface area contributed by atoms with Crippen molar-refractivity contribution in [1.29, 1.82) is 0 Å². The predicted octanol–water partition coefficient (Wildman–Crippen LogP) is 3.29. The number of sulfone groups is 1. The quantitative estimate of drug-likeness (QED) is 0.874. The van der Waals surface area contributed by atoms with E-state index in [9.17, 15) is 13.2 Å². The van der Waals surface area contributed by atoms with E-state index in [0.29, 0.717) is 12.2 Å². The number of nitrogens with one attached hydrogen (secondary N) is 2. The van der Waals surface area contributed by atoms with Crippen LogP contribution in [0.15, 0.2) is 53.4 Å². The van der Waals surface area contributed by atoms with Gasteiger partial charge in [-0.3, -0.25) is 0 Å². The standard InChI is InChI=1S/C18H20N2O3S/c1-24(22,23)17-10-8-16(9-11-17)20-18(21)19-12-13-2-4-14(5-3-13)15-6-7-15/h2-5,8-11,15H,6-7,12H2,1H3,(H2,19,20,21). The van der Waals surface area contributed by atoms with Gasteiger partial charge in [-0.05, 0) is 54.2 Å². The van der Waals surface area contributed by atoms with E-state index in [4.69, 9.17) is 0 Å². The van der Waals surface area contributed by atoms with Gasteiger partial charge < -0.3 is 10.6 Å². The highest BCUT2D eigenvalue weighted by Gasteiger charge is 2.22. The van der Waals surface area contributed by atoms with E-state index in [1.807, 2.05) is 12.1 Å². The minimum Gasteiger partial charge on any atom is -0.334 e. The maximum Gasteiger partial charge on any atom is 0.319 e. The van der Waals surface area contributed by atoms with Gasteiger partial charge in [0.25, 0.3) is 0 Å². The average molecular weight is 344 g/mol. The Balaban J connectivity index is 1.51. The topological polar surface area (TPSA) is 75.3 Å². The SMILES string of the molecule is CS(=O)(=O)c1ccc(NC(=O)NCc2ccc(C3CC3)cc2)cc1. The van der Waals surface area contributed by atoms with E-state index in [2.05, 4.69) is 22.8 Å². The van der Waals surface area contributed by atoms with E-state index in [0.717, 1.165) is 17.7 Å². The van der Waals surface area contributed by atoms with Crippen molar-refractivity contribution < 1.29 is 13.2 Å². The molecule has 0 bridgehead atoms. The lowest BCUT2D eigenvalue weighted by Crippen LogP contribution is -2.28. The molecule has 2 N–H and O–H groups in total. The molecule has 0 atom stereocenters. The second-order valence-electron chi connectivity index (χ2n) is 6.12. The number of rotatable bonds is 5. The minimum atomic E-state index is -3.23. The summed E-state index contributed by atoms with van der Waals surface area (Å²) in [6.45, 7) is 0.443. The molecule has 1 fully saturated rings. The lowest BCUT2D eigenvalue weighted by molar-refractivity contribution is 0.251. The maximum absolute atomic E-state index is 11.9. The van der Waals surface area contributed by atoms with Gasteiger partial charge in [0, 0.05) is 18.5 Å². The third kappa shape index (κ3) is 4.35. The summed E-state index contributed by atoms with van der Waals surface area (Å²) in [5, 5.41) is 5.47. The summed E-state index contributed by atoms with van der Waals surface area (Å²) >= 11 is 0. The third-order valence-corrected chi connectivity index (χ3v) is 5.15.